The van der Waals surface area contributed by atoms with Crippen LogP contribution in [0.1, 0.15) is 37.7 Å². The molecule has 1 aliphatic carbocycles. The van der Waals surface area contributed by atoms with E-state index in [1.807, 2.05) is 12.1 Å². The summed E-state index contributed by atoms with van der Waals surface area (Å²) in [5.74, 6) is 0.248. The minimum absolute atomic E-state index is 0.133. The standard InChI is InChI=1S/C16H23NO3/c18-13-5-3-12(4-6-13)11-14-16(20)8-2-1-7-15(16,19)9-10-17-14/h3-6,14,17-20H,1-2,7-11H2/t14-,15-,16?/m0/s1. The molecule has 1 saturated carbocycles. The van der Waals surface area contributed by atoms with Gasteiger partial charge in [0.1, 0.15) is 11.4 Å². The first-order valence-electron chi connectivity index (χ1n) is 7.50. The molecule has 0 radical (unpaired) electrons. The molecular weight excluding hydrogens is 254 g/mol. The predicted molar refractivity (Wildman–Crippen MR) is 76.6 cm³/mol. The zero-order valence-corrected chi connectivity index (χ0v) is 11.7. The van der Waals surface area contributed by atoms with Crippen LogP contribution in [-0.2, 0) is 6.42 Å². The Morgan fingerprint density at radius 1 is 1.05 bits per heavy atom. The lowest BCUT2D eigenvalue weighted by Gasteiger charge is -2.54. The van der Waals surface area contributed by atoms with Crippen LogP contribution in [0.4, 0.5) is 0 Å². The van der Waals surface area contributed by atoms with Gasteiger partial charge in [0.2, 0.25) is 0 Å². The predicted octanol–water partition coefficient (Wildman–Crippen LogP) is 1.33. The Labute approximate surface area is 119 Å². The van der Waals surface area contributed by atoms with E-state index in [1.165, 1.54) is 0 Å². The fourth-order valence-electron chi connectivity index (χ4n) is 3.83. The molecule has 0 aromatic heterocycles. The number of phenolic OH excluding ortho intramolecular Hbond substituents is 1. The van der Waals surface area contributed by atoms with Gasteiger partial charge in [0.15, 0.2) is 0 Å². The molecule has 0 bridgehead atoms. The summed E-state index contributed by atoms with van der Waals surface area (Å²) in [6, 6.07) is 6.93. The zero-order chi connectivity index (χ0) is 14.2. The Morgan fingerprint density at radius 3 is 2.50 bits per heavy atom. The fourth-order valence-corrected chi connectivity index (χ4v) is 3.83. The Morgan fingerprint density at radius 2 is 1.75 bits per heavy atom. The lowest BCUT2D eigenvalue weighted by Crippen LogP contribution is -2.71. The van der Waals surface area contributed by atoms with Crippen LogP contribution in [0.15, 0.2) is 24.3 Å². The third kappa shape index (κ3) is 2.22. The number of nitrogens with one attached hydrogen (secondary N) is 1. The fraction of sp³-hybridized carbons (Fsp3) is 0.625. The molecule has 2 aliphatic rings. The largest absolute Gasteiger partial charge is 0.508 e. The quantitative estimate of drug-likeness (QED) is 0.658. The summed E-state index contributed by atoms with van der Waals surface area (Å²) >= 11 is 0. The van der Waals surface area contributed by atoms with E-state index in [1.54, 1.807) is 12.1 Å². The van der Waals surface area contributed by atoms with Gasteiger partial charge < -0.3 is 20.6 Å². The van der Waals surface area contributed by atoms with E-state index < -0.39 is 11.2 Å². The summed E-state index contributed by atoms with van der Waals surface area (Å²) in [5.41, 5.74) is -0.928. The van der Waals surface area contributed by atoms with Gasteiger partial charge in [-0.3, -0.25) is 0 Å². The van der Waals surface area contributed by atoms with Crippen LogP contribution in [0.25, 0.3) is 0 Å². The molecule has 2 fully saturated rings. The molecule has 1 aromatic rings. The van der Waals surface area contributed by atoms with Gasteiger partial charge in [-0.1, -0.05) is 25.0 Å². The summed E-state index contributed by atoms with van der Waals surface area (Å²) in [7, 11) is 0. The molecule has 4 heteroatoms. The number of piperidine rings is 1. The summed E-state index contributed by atoms with van der Waals surface area (Å²) < 4.78 is 0. The van der Waals surface area contributed by atoms with Crippen molar-refractivity contribution in [3.8, 4) is 5.75 Å². The number of benzene rings is 1. The van der Waals surface area contributed by atoms with Crippen LogP contribution >= 0.6 is 0 Å². The summed E-state index contributed by atoms with van der Waals surface area (Å²) in [6.07, 6.45) is 4.59. The van der Waals surface area contributed by atoms with E-state index in [-0.39, 0.29) is 11.8 Å². The minimum atomic E-state index is -1.04. The average Bonchev–Trinajstić information content (AvgIpc) is 2.43. The average molecular weight is 277 g/mol. The van der Waals surface area contributed by atoms with Gasteiger partial charge in [-0.05, 0) is 49.9 Å². The second-order valence-electron chi connectivity index (χ2n) is 6.29. The minimum Gasteiger partial charge on any atom is -0.508 e. The monoisotopic (exact) mass is 277 g/mol. The van der Waals surface area contributed by atoms with E-state index in [9.17, 15) is 15.3 Å². The Balaban J connectivity index is 1.82. The van der Waals surface area contributed by atoms with Crippen molar-refractivity contribution in [2.24, 2.45) is 0 Å². The van der Waals surface area contributed by atoms with Crippen molar-refractivity contribution in [3.63, 3.8) is 0 Å². The van der Waals surface area contributed by atoms with Crippen LogP contribution in [0, 0.1) is 0 Å². The molecule has 0 amide bonds. The lowest BCUT2D eigenvalue weighted by atomic mass is 9.63. The van der Waals surface area contributed by atoms with Crippen LogP contribution in [0.3, 0.4) is 0 Å². The highest BCUT2D eigenvalue weighted by molar-refractivity contribution is 5.27. The van der Waals surface area contributed by atoms with Crippen molar-refractivity contribution in [1.29, 1.82) is 0 Å². The number of aliphatic hydroxyl groups is 2. The Kier molecular flexibility index (Phi) is 3.48. The van der Waals surface area contributed by atoms with Crippen LogP contribution < -0.4 is 5.32 Å². The van der Waals surface area contributed by atoms with E-state index in [0.717, 1.165) is 24.9 Å². The van der Waals surface area contributed by atoms with Crippen molar-refractivity contribution in [2.45, 2.75) is 55.8 Å². The van der Waals surface area contributed by atoms with Gasteiger partial charge in [0.05, 0.1) is 5.60 Å². The molecule has 110 valence electrons. The molecule has 1 unspecified atom stereocenters. The maximum atomic E-state index is 11.1. The molecule has 1 heterocycles. The van der Waals surface area contributed by atoms with Gasteiger partial charge in [-0.25, -0.2) is 0 Å². The number of hydrogen-bond donors (Lipinski definition) is 4. The molecule has 3 atom stereocenters. The molecular formula is C16H23NO3. The normalized spacial score (nSPS) is 37.4. The highest BCUT2D eigenvalue weighted by Crippen LogP contribution is 2.44. The summed E-state index contributed by atoms with van der Waals surface area (Å²) in [5, 5.41) is 34.6. The smallest absolute Gasteiger partial charge is 0.115 e. The molecule has 1 aliphatic heterocycles. The third-order valence-electron chi connectivity index (χ3n) is 5.09. The maximum absolute atomic E-state index is 11.1. The van der Waals surface area contributed by atoms with Crippen molar-refractivity contribution in [2.75, 3.05) is 6.54 Å². The molecule has 1 saturated heterocycles. The highest BCUT2D eigenvalue weighted by Gasteiger charge is 2.56. The molecule has 3 rings (SSSR count). The van der Waals surface area contributed by atoms with Crippen molar-refractivity contribution >= 4 is 0 Å². The van der Waals surface area contributed by atoms with E-state index in [2.05, 4.69) is 5.32 Å². The SMILES string of the molecule is Oc1ccc(C[C@@H]2NCC[C@@]3(O)CCCCC23O)cc1. The third-order valence-corrected chi connectivity index (χ3v) is 5.09. The van der Waals surface area contributed by atoms with Crippen LogP contribution in [0.2, 0.25) is 0 Å². The van der Waals surface area contributed by atoms with Gasteiger partial charge >= 0.3 is 0 Å². The first kappa shape index (κ1) is 13.9. The molecule has 4 nitrogen and oxygen atoms in total. The summed E-state index contributed by atoms with van der Waals surface area (Å²) in [6.45, 7) is 0.738. The highest BCUT2D eigenvalue weighted by atomic mass is 16.4. The topological polar surface area (TPSA) is 72.7 Å². The second kappa shape index (κ2) is 5.02. The van der Waals surface area contributed by atoms with E-state index in [4.69, 9.17) is 0 Å². The van der Waals surface area contributed by atoms with Crippen molar-refractivity contribution in [1.82, 2.24) is 5.32 Å². The van der Waals surface area contributed by atoms with Gasteiger partial charge in [0, 0.05) is 6.04 Å². The van der Waals surface area contributed by atoms with Gasteiger partial charge in [-0.2, -0.15) is 0 Å². The number of aromatic hydroxyl groups is 1. The van der Waals surface area contributed by atoms with E-state index in [0.29, 0.717) is 25.7 Å². The van der Waals surface area contributed by atoms with Crippen molar-refractivity contribution < 1.29 is 15.3 Å². The summed E-state index contributed by atoms with van der Waals surface area (Å²) in [4.78, 5) is 0. The first-order chi connectivity index (χ1) is 9.53. The lowest BCUT2D eigenvalue weighted by molar-refractivity contribution is -0.207. The number of rotatable bonds is 2. The molecule has 20 heavy (non-hydrogen) atoms. The molecule has 1 aromatic carbocycles. The second-order valence-corrected chi connectivity index (χ2v) is 6.29. The Bertz CT molecular complexity index is 471. The van der Waals surface area contributed by atoms with Gasteiger partial charge in [-0.15, -0.1) is 0 Å². The number of hydrogen-bond acceptors (Lipinski definition) is 4. The number of phenols is 1. The first-order valence-corrected chi connectivity index (χ1v) is 7.50. The van der Waals surface area contributed by atoms with Crippen LogP contribution in [-0.4, -0.2) is 39.1 Å². The van der Waals surface area contributed by atoms with E-state index >= 15 is 0 Å². The molecule has 0 spiro atoms. The van der Waals surface area contributed by atoms with Crippen molar-refractivity contribution in [3.05, 3.63) is 29.8 Å². The Hall–Kier alpha value is -1.10. The number of fused-ring (bicyclic) bond motifs is 1. The van der Waals surface area contributed by atoms with Crippen LogP contribution in [0.5, 0.6) is 5.75 Å². The molecule has 4 N–H and O–H groups in total. The zero-order valence-electron chi connectivity index (χ0n) is 11.7. The maximum Gasteiger partial charge on any atom is 0.115 e. The van der Waals surface area contributed by atoms with Gasteiger partial charge in [0.25, 0.3) is 0 Å².